The maximum atomic E-state index is 11.4. The second-order valence-corrected chi connectivity index (χ2v) is 6.98. The monoisotopic (exact) mass is 203 g/mol. The second-order valence-electron chi connectivity index (χ2n) is 3.63. The summed E-state index contributed by atoms with van der Waals surface area (Å²) in [5.41, 5.74) is -0.146. The van der Waals surface area contributed by atoms with E-state index in [2.05, 4.69) is 0 Å². The number of hydrogen-bond donors (Lipinski definition) is 1. The molecule has 1 amide bonds. The van der Waals surface area contributed by atoms with Crippen LogP contribution in [0.2, 0.25) is 6.55 Å². The van der Waals surface area contributed by atoms with E-state index in [1.807, 2.05) is 6.92 Å². The molecule has 1 aliphatic heterocycles. The molecule has 0 aromatic rings. The van der Waals surface area contributed by atoms with Crippen molar-refractivity contribution in [2.24, 2.45) is 0 Å². The molecule has 1 heterocycles. The second kappa shape index (κ2) is 3.77. The Morgan fingerprint density at radius 3 is 2.69 bits per heavy atom. The lowest BCUT2D eigenvalue weighted by molar-refractivity contribution is -0.128. The highest BCUT2D eigenvalue weighted by molar-refractivity contribution is 6.66. The molecule has 0 aromatic heterocycles. The van der Waals surface area contributed by atoms with Gasteiger partial charge in [0.15, 0.2) is 0 Å². The molecule has 0 bridgehead atoms. The molecule has 4 nitrogen and oxygen atoms in total. The van der Waals surface area contributed by atoms with Crippen LogP contribution in [0.5, 0.6) is 0 Å². The van der Waals surface area contributed by atoms with Crippen molar-refractivity contribution in [3.05, 3.63) is 0 Å². The minimum absolute atomic E-state index is 0.136. The summed E-state index contributed by atoms with van der Waals surface area (Å²) in [6.45, 7) is 4.33. The lowest BCUT2D eigenvalue weighted by Crippen LogP contribution is -2.55. The zero-order valence-corrected chi connectivity index (χ0v) is 9.41. The van der Waals surface area contributed by atoms with Gasteiger partial charge in [0.1, 0.15) is 0 Å². The highest BCUT2D eigenvalue weighted by Gasteiger charge is 2.40. The third-order valence-corrected chi connectivity index (χ3v) is 5.45. The van der Waals surface area contributed by atoms with Crippen molar-refractivity contribution in [3.63, 3.8) is 0 Å². The van der Waals surface area contributed by atoms with E-state index in [1.54, 1.807) is 11.4 Å². The van der Waals surface area contributed by atoms with Gasteiger partial charge < -0.3 is 14.1 Å². The summed E-state index contributed by atoms with van der Waals surface area (Å²) >= 11 is 0. The maximum absolute atomic E-state index is 11.4. The third-order valence-electron chi connectivity index (χ3n) is 2.77. The molecule has 0 spiro atoms. The molecule has 13 heavy (non-hydrogen) atoms. The van der Waals surface area contributed by atoms with Gasteiger partial charge in [-0.05, 0) is 19.9 Å². The van der Waals surface area contributed by atoms with Gasteiger partial charge in [-0.3, -0.25) is 4.79 Å². The maximum Gasteiger partial charge on any atom is 0.355 e. The van der Waals surface area contributed by atoms with E-state index in [0.29, 0.717) is 6.42 Å². The molecule has 5 heteroatoms. The van der Waals surface area contributed by atoms with Gasteiger partial charge in [0.25, 0.3) is 0 Å². The van der Waals surface area contributed by atoms with Gasteiger partial charge in [0, 0.05) is 20.1 Å². The summed E-state index contributed by atoms with van der Waals surface area (Å²) in [5.74, 6) is 0.136. The van der Waals surface area contributed by atoms with Crippen molar-refractivity contribution in [1.29, 1.82) is 0 Å². The number of likely N-dealkylation sites (tertiary alicyclic amines) is 1. The Labute approximate surface area is 79.7 Å². The fourth-order valence-electron chi connectivity index (χ4n) is 1.54. The first-order chi connectivity index (χ1) is 5.99. The van der Waals surface area contributed by atoms with Crippen molar-refractivity contribution >= 4 is 14.5 Å². The van der Waals surface area contributed by atoms with E-state index in [1.165, 1.54) is 7.11 Å². The van der Waals surface area contributed by atoms with Crippen molar-refractivity contribution in [2.75, 3.05) is 13.7 Å². The quantitative estimate of drug-likeness (QED) is 0.669. The smallest absolute Gasteiger partial charge is 0.355 e. The van der Waals surface area contributed by atoms with Crippen LogP contribution in [0, 0.1) is 0 Å². The molecule has 76 valence electrons. The SMILES string of the molecule is CO[Si](C)(O)C(C)N1CCCC1=O. The van der Waals surface area contributed by atoms with Gasteiger partial charge >= 0.3 is 8.56 Å². The normalized spacial score (nSPS) is 24.6. The molecule has 0 aromatic carbocycles. The average Bonchev–Trinajstić information content (AvgIpc) is 2.50. The number of hydrogen-bond acceptors (Lipinski definition) is 3. The minimum atomic E-state index is -2.68. The molecule has 0 aliphatic carbocycles. The van der Waals surface area contributed by atoms with Gasteiger partial charge in [-0.15, -0.1) is 0 Å². The lowest BCUT2D eigenvalue weighted by Gasteiger charge is -2.32. The number of carbonyl (C=O) groups is 1. The molecule has 1 N–H and O–H groups in total. The average molecular weight is 203 g/mol. The van der Waals surface area contributed by atoms with Crippen LogP contribution in [-0.4, -0.2) is 43.5 Å². The summed E-state index contributed by atoms with van der Waals surface area (Å²) in [5, 5.41) is 0. The molecule has 1 aliphatic rings. The van der Waals surface area contributed by atoms with E-state index in [4.69, 9.17) is 4.43 Å². The highest BCUT2D eigenvalue weighted by Crippen LogP contribution is 2.19. The Bertz CT molecular complexity index is 208. The molecule has 1 saturated heterocycles. The first-order valence-electron chi connectivity index (χ1n) is 4.56. The van der Waals surface area contributed by atoms with Crippen LogP contribution in [0.4, 0.5) is 0 Å². The van der Waals surface area contributed by atoms with Gasteiger partial charge in [-0.25, -0.2) is 0 Å². The van der Waals surface area contributed by atoms with E-state index in [0.717, 1.165) is 13.0 Å². The van der Waals surface area contributed by atoms with Gasteiger partial charge in [-0.2, -0.15) is 0 Å². The van der Waals surface area contributed by atoms with Crippen molar-refractivity contribution in [3.8, 4) is 0 Å². The topological polar surface area (TPSA) is 49.8 Å². The molecular weight excluding hydrogens is 186 g/mol. The van der Waals surface area contributed by atoms with Crippen LogP contribution in [0.1, 0.15) is 19.8 Å². The van der Waals surface area contributed by atoms with Crippen LogP contribution in [-0.2, 0) is 9.22 Å². The molecule has 0 saturated carbocycles. The number of nitrogens with zero attached hydrogens (tertiary/aromatic N) is 1. The zero-order valence-electron chi connectivity index (χ0n) is 8.41. The zero-order chi connectivity index (χ0) is 10.1. The highest BCUT2D eigenvalue weighted by atomic mass is 28.4. The Morgan fingerprint density at radius 2 is 2.31 bits per heavy atom. The lowest BCUT2D eigenvalue weighted by atomic mass is 10.4. The summed E-state index contributed by atoms with van der Waals surface area (Å²) in [4.78, 5) is 23.0. The summed E-state index contributed by atoms with van der Waals surface area (Å²) in [7, 11) is -1.18. The molecule has 2 unspecified atom stereocenters. The summed E-state index contributed by atoms with van der Waals surface area (Å²) in [6, 6.07) is 0. The fraction of sp³-hybridized carbons (Fsp3) is 0.875. The van der Waals surface area contributed by atoms with Crippen LogP contribution in [0.25, 0.3) is 0 Å². The third kappa shape index (κ3) is 2.10. The minimum Gasteiger partial charge on any atom is -0.410 e. The molecule has 2 atom stereocenters. The molecule has 1 rings (SSSR count). The largest absolute Gasteiger partial charge is 0.410 e. The summed E-state index contributed by atoms with van der Waals surface area (Å²) in [6.07, 6.45) is 1.51. The van der Waals surface area contributed by atoms with Crippen LogP contribution >= 0.6 is 0 Å². The molecule has 1 fully saturated rings. The first-order valence-corrected chi connectivity index (χ1v) is 6.99. The number of carbonyl (C=O) groups excluding carboxylic acids is 1. The fourth-order valence-corrected chi connectivity index (χ4v) is 2.73. The van der Waals surface area contributed by atoms with Crippen molar-refractivity contribution in [2.45, 2.75) is 32.0 Å². The first kappa shape index (κ1) is 10.7. The van der Waals surface area contributed by atoms with E-state index >= 15 is 0 Å². The van der Waals surface area contributed by atoms with Crippen LogP contribution in [0.3, 0.4) is 0 Å². The number of amides is 1. The van der Waals surface area contributed by atoms with Gasteiger partial charge in [0.2, 0.25) is 5.91 Å². The predicted molar refractivity (Wildman–Crippen MR) is 51.3 cm³/mol. The standard InChI is InChI=1S/C8H17NO3Si/c1-7(13(3,11)12-2)9-6-4-5-8(9)10/h7,11H,4-6H2,1-3H3. The van der Waals surface area contributed by atoms with Crippen molar-refractivity contribution < 1.29 is 14.0 Å². The van der Waals surface area contributed by atoms with E-state index in [9.17, 15) is 9.59 Å². The van der Waals surface area contributed by atoms with E-state index in [-0.39, 0.29) is 11.6 Å². The van der Waals surface area contributed by atoms with Gasteiger partial charge in [0.05, 0.1) is 5.67 Å². The Balaban J connectivity index is 2.66. The Kier molecular flexibility index (Phi) is 3.10. The van der Waals surface area contributed by atoms with Crippen molar-refractivity contribution in [1.82, 2.24) is 4.90 Å². The molecule has 0 radical (unpaired) electrons. The van der Waals surface area contributed by atoms with Gasteiger partial charge in [-0.1, -0.05) is 0 Å². The van der Waals surface area contributed by atoms with Crippen LogP contribution < -0.4 is 0 Å². The Morgan fingerprint density at radius 1 is 1.69 bits per heavy atom. The predicted octanol–water partition coefficient (Wildman–Crippen LogP) is 0.247. The molecular formula is C8H17NO3Si. The summed E-state index contributed by atoms with van der Waals surface area (Å²) < 4.78 is 5.06. The Hall–Kier alpha value is -0.393. The van der Waals surface area contributed by atoms with Crippen LogP contribution in [0.15, 0.2) is 0 Å². The van der Waals surface area contributed by atoms with E-state index < -0.39 is 8.56 Å². The number of rotatable bonds is 3.